The van der Waals surface area contributed by atoms with E-state index < -0.39 is 111 Å². The molecule has 14 rings (SSSR count). The minimum Gasteiger partial charge on any atom is -0.0651 e. The van der Waals surface area contributed by atoms with Gasteiger partial charge in [-0.25, -0.2) is 0 Å². The van der Waals surface area contributed by atoms with Crippen molar-refractivity contribution in [3.8, 4) is 0 Å². The zero-order valence-corrected chi connectivity index (χ0v) is 43.0. The fourth-order valence-corrected chi connectivity index (χ4v) is 11.7. The van der Waals surface area contributed by atoms with E-state index in [4.69, 9.17) is 41.1 Å². The molecular weight excluding hydrogens is 769 g/mol. The minimum atomic E-state index is -2.98. The van der Waals surface area contributed by atoms with Crippen LogP contribution in [0, 0.1) is 106 Å². The Bertz CT molecular complexity index is 2340. The summed E-state index contributed by atoms with van der Waals surface area (Å²) in [7, 11) is 0. The molecule has 0 heteroatoms. The van der Waals surface area contributed by atoms with Gasteiger partial charge in [0.15, 0.2) is 0 Å². The third-order valence-electron chi connectivity index (χ3n) is 16.3. The molecule has 0 amide bonds. The van der Waals surface area contributed by atoms with Crippen molar-refractivity contribution in [1.82, 2.24) is 0 Å². The van der Waals surface area contributed by atoms with Crippen molar-refractivity contribution < 1.29 is 41.1 Å². The maximum absolute atomic E-state index is 8.27. The van der Waals surface area contributed by atoms with E-state index in [1.165, 1.54) is 116 Å². The monoisotopic (exact) mass is 919 g/mol. The van der Waals surface area contributed by atoms with E-state index in [-0.39, 0.29) is 11.8 Å². The van der Waals surface area contributed by atoms with Crippen molar-refractivity contribution in [2.75, 3.05) is 0 Å². The predicted molar refractivity (Wildman–Crippen MR) is 286 cm³/mol. The highest BCUT2D eigenvalue weighted by Crippen LogP contribution is 2.53. The molecule has 0 radical (unpaired) electrons. The van der Waals surface area contributed by atoms with Crippen molar-refractivity contribution in [3.05, 3.63) is 0 Å². The molecule has 0 aliphatic heterocycles. The Kier molecular flexibility index (Phi) is 12.4. The molecule has 8 bridgehead atoms. The van der Waals surface area contributed by atoms with E-state index in [9.17, 15) is 0 Å². The minimum absolute atomic E-state index is 0.0388. The summed E-state index contributed by atoms with van der Waals surface area (Å²) in [6.45, 7) is 14.9. The lowest BCUT2D eigenvalue weighted by atomic mass is 9.55. The van der Waals surface area contributed by atoms with Crippen molar-refractivity contribution in [1.29, 1.82) is 0 Å². The highest BCUT2D eigenvalue weighted by molar-refractivity contribution is 4.93. The summed E-state index contributed by atoms with van der Waals surface area (Å²) in [5.74, 6) is -15.8. The summed E-state index contributed by atoms with van der Waals surface area (Å²) >= 11 is 0. The summed E-state index contributed by atoms with van der Waals surface area (Å²) in [6, 6.07) is 0. The topological polar surface area (TPSA) is 0 Å². The summed E-state index contributed by atoms with van der Waals surface area (Å²) < 4.78 is 235. The van der Waals surface area contributed by atoms with Gasteiger partial charge in [-0.05, 0) is 189 Å². The van der Waals surface area contributed by atoms with E-state index in [2.05, 4.69) is 13.8 Å². The van der Waals surface area contributed by atoms with Gasteiger partial charge >= 0.3 is 0 Å². The van der Waals surface area contributed by atoms with Crippen molar-refractivity contribution in [2.24, 2.45) is 106 Å². The van der Waals surface area contributed by atoms with Crippen LogP contribution in [0.25, 0.3) is 0 Å². The van der Waals surface area contributed by atoms with Gasteiger partial charge in [0.1, 0.15) is 0 Å². The quantitative estimate of drug-likeness (QED) is 0.247. The summed E-state index contributed by atoms with van der Waals surface area (Å²) in [6.07, 6.45) is 10.8. The number of rotatable bonds is 4. The molecule has 0 spiro atoms. The van der Waals surface area contributed by atoms with Gasteiger partial charge in [0, 0.05) is 41.1 Å². The van der Waals surface area contributed by atoms with E-state index >= 15 is 0 Å². The van der Waals surface area contributed by atoms with Gasteiger partial charge in [0.2, 0.25) is 0 Å². The van der Waals surface area contributed by atoms with Crippen molar-refractivity contribution >= 4 is 0 Å². The average Bonchev–Trinajstić information content (AvgIpc) is 0.696. The van der Waals surface area contributed by atoms with Gasteiger partial charge in [-0.1, -0.05) is 217 Å². The first-order chi connectivity index (χ1) is 41.8. The molecule has 0 N–H and O–H groups in total. The highest BCUT2D eigenvalue weighted by atomic mass is 14.5. The maximum atomic E-state index is 8.27. The van der Waals surface area contributed by atoms with E-state index in [1.807, 2.05) is 0 Å². The third-order valence-corrected chi connectivity index (χ3v) is 16.3. The Morgan fingerprint density at radius 2 is 0.797 bits per heavy atom. The van der Waals surface area contributed by atoms with Crippen LogP contribution in [0.2, 0.25) is 0 Å². The molecule has 14 aliphatic carbocycles. The fourth-order valence-electron chi connectivity index (χ4n) is 11.7. The van der Waals surface area contributed by atoms with Crippen LogP contribution in [0.4, 0.5) is 0 Å². The largest absolute Gasteiger partial charge is 0.0651 e. The van der Waals surface area contributed by atoms with Gasteiger partial charge < -0.3 is 0 Å². The van der Waals surface area contributed by atoms with Crippen LogP contribution in [-0.4, -0.2) is 0 Å². The Labute approximate surface area is 447 Å². The molecule has 0 nitrogen and oxygen atoms in total. The van der Waals surface area contributed by atoms with Crippen LogP contribution in [0.15, 0.2) is 0 Å². The van der Waals surface area contributed by atoms with Gasteiger partial charge in [-0.15, -0.1) is 0 Å². The first kappa shape index (κ1) is 26.4. The Balaban J connectivity index is 0.000000199. The molecule has 376 valence electrons. The maximum Gasteiger partial charge on any atom is 0.0308 e. The lowest BCUT2D eigenvalue weighted by molar-refractivity contribution is -0.00154. The third kappa shape index (κ3) is 18.7. The molecule has 0 saturated heterocycles. The van der Waals surface area contributed by atoms with E-state index in [1.54, 1.807) is 27.7 Å². The zero-order valence-electron chi connectivity index (χ0n) is 73.0. The van der Waals surface area contributed by atoms with Crippen molar-refractivity contribution in [2.45, 2.75) is 300 Å². The standard InChI is InChI=1S/2C9H16.C9H18.2C8H14.C8H16.C7H14.C6H12/c1-6-3-8-4-7(2)9(6)5-8;1-6-3-8-5-9(4-6)7(8)2;1-2-9-7-5-3-4-6-8-9;1-6-2-7-4-8(3-6)5-7;1-6-4-7-2-3-8(6)5-7;1-2-8-6-4-3-5-7-8;1-2-7-5-3-4-6-7;1-2-6-4-3-5-6/h2*6-9H,3-5H2,1-2H3;9H,2-8H2,1H3;2*6-8H,2-5H2,1H3;8H,2-7H2,1H3;7H,2-6H2,1H3;6H,2-5H2,1H3/t6-,7?,8?,9?;;;;6-,7?,8?;;;/m1...1.../s1/i2*3D2,4D2,5D2,6D,7D,8D,9D;2D2;2*6D;3*2D2. The molecule has 9 atom stereocenters. The Morgan fingerprint density at radius 3 is 1.06 bits per heavy atom. The van der Waals surface area contributed by atoms with Crippen LogP contribution < -0.4 is 0 Å². The highest BCUT2D eigenvalue weighted by Gasteiger charge is 2.43. The molecule has 14 saturated carbocycles. The fraction of sp³-hybridized carbons (Fsp3) is 1.00. The van der Waals surface area contributed by atoms with E-state index in [0.717, 1.165) is 103 Å². The van der Waals surface area contributed by atoms with Gasteiger partial charge in [0.25, 0.3) is 0 Å². The number of hydrogen-bond acceptors (Lipinski definition) is 0. The molecule has 0 aromatic carbocycles. The molecule has 7 unspecified atom stereocenters. The first-order valence-corrected chi connectivity index (χ1v) is 26.8. The normalized spacial score (nSPS) is 64.2. The SMILES string of the molecule is [2H]C([2H])(C)C1CCC1.[2H]C([2H])(C)C1CCCC1.[2H]C([2H])(C)C1CCCCC1.[2H]C([2H])(C)C1CCCCCC1.[2H]C1(C)CC2CC(C2)C1.[2H]C1([2H])C([2H])(C)C([2H])([2H])C2([2H])C([2H])([2H])C1([2H])C2([2H])C.[2H]C1([2H])C([2H])(C)C2([2H])C([2H])([2H])C1([2H])C([2H])([2H])[C@@]2([2H])C.[2H][C@@]1(C)CC2CCC1C2. The lowest BCUT2D eigenvalue weighted by Gasteiger charge is -2.50. The first-order valence-electron chi connectivity index (χ1n) is 41.8. The summed E-state index contributed by atoms with van der Waals surface area (Å²) in [4.78, 5) is 0. The Morgan fingerprint density at radius 1 is 0.375 bits per heavy atom. The predicted octanol–water partition coefficient (Wildman–Crippen LogP) is 21.4. The van der Waals surface area contributed by atoms with Crippen LogP contribution >= 0.6 is 0 Å². The van der Waals surface area contributed by atoms with E-state index in [0.29, 0.717) is 23.7 Å². The summed E-state index contributed by atoms with van der Waals surface area (Å²) in [5.41, 5.74) is 0. The number of fused-ring (bicyclic) bond motifs is 8. The zero-order chi connectivity index (χ0) is 73.0. The average molecular weight is 920 g/mol. The van der Waals surface area contributed by atoms with Crippen molar-refractivity contribution in [3.63, 3.8) is 0 Å². The second-order valence-electron chi connectivity index (χ2n) is 21.5. The molecule has 14 fully saturated rings. The Hall–Kier alpha value is 0. The molecule has 0 aromatic heterocycles. The molecule has 0 aromatic rings. The van der Waals surface area contributed by atoms with Crippen LogP contribution in [-0.2, 0) is 0 Å². The second kappa shape index (κ2) is 29.9. The smallest absolute Gasteiger partial charge is 0.0308 e. The van der Waals surface area contributed by atoms with Crippen LogP contribution in [0.3, 0.4) is 0 Å². The van der Waals surface area contributed by atoms with Crippen LogP contribution in [0.1, 0.15) is 341 Å². The van der Waals surface area contributed by atoms with Gasteiger partial charge in [0.05, 0.1) is 0 Å². The summed E-state index contributed by atoms with van der Waals surface area (Å²) in [5, 5.41) is 0. The molecular formula is C64H120. The molecule has 64 heavy (non-hydrogen) atoms. The van der Waals surface area contributed by atoms with Gasteiger partial charge in [-0.2, -0.15) is 0 Å². The second-order valence-corrected chi connectivity index (χ2v) is 21.5. The number of hydrogen-bond donors (Lipinski definition) is 0. The lowest BCUT2D eigenvalue weighted by Crippen LogP contribution is -2.41. The molecule has 0 heterocycles. The van der Waals surface area contributed by atoms with Crippen LogP contribution in [0.5, 0.6) is 0 Å². The molecule has 14 aliphatic rings. The van der Waals surface area contributed by atoms with Gasteiger partial charge in [-0.3, -0.25) is 0 Å².